The number of aromatic nitrogens is 2. The van der Waals surface area contributed by atoms with Crippen molar-refractivity contribution in [1.29, 1.82) is 0 Å². The van der Waals surface area contributed by atoms with E-state index < -0.39 is 0 Å². The summed E-state index contributed by atoms with van der Waals surface area (Å²) in [5.74, 6) is 0.525. The molecule has 3 heterocycles. The summed E-state index contributed by atoms with van der Waals surface area (Å²) in [5, 5.41) is 8.40. The molecule has 6 nitrogen and oxygen atoms in total. The summed E-state index contributed by atoms with van der Waals surface area (Å²) in [7, 11) is 0. The van der Waals surface area contributed by atoms with Crippen LogP contribution in [-0.2, 0) is 27.1 Å². The van der Waals surface area contributed by atoms with Gasteiger partial charge in [-0.05, 0) is 42.9 Å². The van der Waals surface area contributed by atoms with Crippen LogP contribution in [0.1, 0.15) is 24.0 Å². The van der Waals surface area contributed by atoms with E-state index in [1.54, 1.807) is 0 Å². The molecular weight excluding hydrogens is 402 g/mol. The van der Waals surface area contributed by atoms with Gasteiger partial charge in [-0.3, -0.25) is 9.89 Å². The second kappa shape index (κ2) is 9.43. The largest absolute Gasteiger partial charge is 0.381 e. The van der Waals surface area contributed by atoms with Crippen molar-refractivity contribution in [2.75, 3.05) is 39.5 Å². The van der Waals surface area contributed by atoms with Crippen LogP contribution in [0.25, 0.3) is 10.9 Å². The number of amides is 1. The number of nitrogens with one attached hydrogen (secondary N) is 1. The van der Waals surface area contributed by atoms with E-state index in [2.05, 4.69) is 51.5 Å². The Balaban J connectivity index is 1.35. The predicted octanol–water partition coefficient (Wildman–Crippen LogP) is 3.62. The number of aromatic amines is 1. The van der Waals surface area contributed by atoms with Crippen molar-refractivity contribution >= 4 is 16.8 Å². The third-order valence-electron chi connectivity index (χ3n) is 7.00. The highest BCUT2D eigenvalue weighted by Gasteiger charge is 2.43. The van der Waals surface area contributed by atoms with Crippen LogP contribution >= 0.6 is 0 Å². The molecule has 1 amide bonds. The maximum Gasteiger partial charge on any atom is 0.229 e. The first-order chi connectivity index (χ1) is 15.7. The number of fused-ring (bicyclic) bond motifs is 1. The smallest absolute Gasteiger partial charge is 0.229 e. The lowest BCUT2D eigenvalue weighted by Gasteiger charge is -2.40. The van der Waals surface area contributed by atoms with Crippen molar-refractivity contribution in [3.05, 3.63) is 65.9 Å². The second-order valence-corrected chi connectivity index (χ2v) is 9.20. The molecule has 3 aromatic rings. The van der Waals surface area contributed by atoms with Gasteiger partial charge in [0.2, 0.25) is 5.91 Å². The average Bonchev–Trinajstić information content (AvgIpc) is 3.20. The van der Waals surface area contributed by atoms with E-state index in [1.807, 2.05) is 18.3 Å². The fourth-order valence-electron chi connectivity index (χ4n) is 5.26. The number of ether oxygens (including phenoxy) is 2. The highest BCUT2D eigenvalue weighted by molar-refractivity contribution is 5.83. The Labute approximate surface area is 188 Å². The number of H-pyrrole nitrogens is 1. The predicted molar refractivity (Wildman–Crippen MR) is 123 cm³/mol. The normalized spacial score (nSPS) is 21.4. The number of nitrogens with zero attached hydrogens (tertiary/aromatic N) is 2. The van der Waals surface area contributed by atoms with Crippen molar-refractivity contribution in [3.63, 3.8) is 0 Å². The summed E-state index contributed by atoms with van der Waals surface area (Å²) in [6, 6.07) is 16.7. The van der Waals surface area contributed by atoms with Gasteiger partial charge in [-0.25, -0.2) is 0 Å². The van der Waals surface area contributed by atoms with Crippen LogP contribution in [0.4, 0.5) is 0 Å². The molecule has 2 aliphatic rings. The van der Waals surface area contributed by atoms with E-state index in [1.165, 1.54) is 11.1 Å². The van der Waals surface area contributed by atoms with Gasteiger partial charge >= 0.3 is 0 Å². The lowest BCUT2D eigenvalue weighted by molar-refractivity contribution is -0.148. The van der Waals surface area contributed by atoms with Crippen LogP contribution in [0.15, 0.2) is 54.7 Å². The summed E-state index contributed by atoms with van der Waals surface area (Å²) >= 11 is 0. The van der Waals surface area contributed by atoms with Crippen LogP contribution in [0.2, 0.25) is 0 Å². The molecular formula is C26H31N3O3. The first-order valence-electron chi connectivity index (χ1n) is 11.6. The Hall–Kier alpha value is -2.70. The molecule has 2 fully saturated rings. The van der Waals surface area contributed by atoms with Gasteiger partial charge < -0.3 is 14.4 Å². The highest BCUT2D eigenvalue weighted by atomic mass is 16.5. The van der Waals surface area contributed by atoms with Gasteiger partial charge in [-0.2, -0.15) is 5.10 Å². The van der Waals surface area contributed by atoms with Crippen LogP contribution < -0.4 is 0 Å². The Morgan fingerprint density at radius 3 is 2.75 bits per heavy atom. The van der Waals surface area contributed by atoms with Gasteiger partial charge in [0.15, 0.2) is 0 Å². The minimum Gasteiger partial charge on any atom is -0.381 e. The van der Waals surface area contributed by atoms with Gasteiger partial charge in [0.1, 0.15) is 0 Å². The molecule has 32 heavy (non-hydrogen) atoms. The van der Waals surface area contributed by atoms with Crippen LogP contribution in [-0.4, -0.2) is 60.5 Å². The van der Waals surface area contributed by atoms with Crippen LogP contribution in [0.3, 0.4) is 0 Å². The first kappa shape index (κ1) is 21.2. The van der Waals surface area contributed by atoms with Crippen molar-refractivity contribution in [1.82, 2.24) is 15.1 Å². The minimum absolute atomic E-state index is 0.260. The molecule has 2 aliphatic heterocycles. The van der Waals surface area contributed by atoms with Crippen molar-refractivity contribution in [2.24, 2.45) is 11.3 Å². The number of hydrogen-bond acceptors (Lipinski definition) is 4. The maximum atomic E-state index is 14.0. The number of carbonyl (C=O) groups excluding carboxylic acids is 1. The zero-order valence-electron chi connectivity index (χ0n) is 18.5. The van der Waals surface area contributed by atoms with Crippen molar-refractivity contribution in [2.45, 2.75) is 25.7 Å². The Kier molecular flexibility index (Phi) is 6.23. The van der Waals surface area contributed by atoms with E-state index >= 15 is 0 Å². The van der Waals surface area contributed by atoms with E-state index in [4.69, 9.17) is 9.47 Å². The molecule has 2 saturated heterocycles. The average molecular weight is 434 g/mol. The highest BCUT2D eigenvalue weighted by Crippen LogP contribution is 2.37. The zero-order valence-corrected chi connectivity index (χ0v) is 18.5. The number of rotatable bonds is 5. The number of carbonyl (C=O) groups is 1. The van der Waals surface area contributed by atoms with E-state index in [9.17, 15) is 4.79 Å². The molecule has 168 valence electrons. The van der Waals surface area contributed by atoms with E-state index in [0.29, 0.717) is 33.0 Å². The Bertz CT molecular complexity index is 1040. The monoisotopic (exact) mass is 433 g/mol. The molecule has 2 aromatic carbocycles. The van der Waals surface area contributed by atoms with Gasteiger partial charge in [0, 0.05) is 37.6 Å². The molecule has 0 saturated carbocycles. The molecule has 0 bridgehead atoms. The fourth-order valence-corrected chi connectivity index (χ4v) is 5.26. The SMILES string of the molecule is O=C(N1CCOCC(Cc2cccc3[nH]ncc23)C1)C1(Cc2ccccc2)CCOCC1. The Morgan fingerprint density at radius 2 is 1.91 bits per heavy atom. The fraction of sp³-hybridized carbons (Fsp3) is 0.462. The Morgan fingerprint density at radius 1 is 1.06 bits per heavy atom. The van der Waals surface area contributed by atoms with Crippen molar-refractivity contribution < 1.29 is 14.3 Å². The summed E-state index contributed by atoms with van der Waals surface area (Å²) < 4.78 is 11.6. The molecule has 1 unspecified atom stereocenters. The summed E-state index contributed by atoms with van der Waals surface area (Å²) in [4.78, 5) is 16.1. The summed E-state index contributed by atoms with van der Waals surface area (Å²) in [6.07, 6.45) is 5.08. The van der Waals surface area contributed by atoms with Gasteiger partial charge in [0.05, 0.1) is 30.3 Å². The first-order valence-corrected chi connectivity index (χ1v) is 11.6. The van der Waals surface area contributed by atoms with Gasteiger partial charge in [0.25, 0.3) is 0 Å². The third-order valence-corrected chi connectivity index (χ3v) is 7.00. The molecule has 1 aromatic heterocycles. The van der Waals surface area contributed by atoms with Crippen molar-refractivity contribution in [3.8, 4) is 0 Å². The minimum atomic E-state index is -0.390. The number of benzene rings is 2. The van der Waals surface area contributed by atoms with Crippen LogP contribution in [0, 0.1) is 11.3 Å². The number of hydrogen-bond donors (Lipinski definition) is 1. The summed E-state index contributed by atoms with van der Waals surface area (Å²) in [6.45, 7) is 3.94. The molecule has 1 N–H and O–H groups in total. The molecule has 0 aliphatic carbocycles. The topological polar surface area (TPSA) is 67.5 Å². The molecule has 0 spiro atoms. The molecule has 0 radical (unpaired) electrons. The second-order valence-electron chi connectivity index (χ2n) is 9.20. The molecule has 6 heteroatoms. The van der Waals surface area contributed by atoms with Gasteiger partial charge in [-0.1, -0.05) is 42.5 Å². The van der Waals surface area contributed by atoms with E-state index in [-0.39, 0.29) is 17.2 Å². The maximum absolute atomic E-state index is 14.0. The lowest BCUT2D eigenvalue weighted by Crippen LogP contribution is -2.50. The lowest BCUT2D eigenvalue weighted by atomic mass is 9.74. The van der Waals surface area contributed by atoms with Gasteiger partial charge in [-0.15, -0.1) is 0 Å². The molecule has 1 atom stereocenters. The van der Waals surface area contributed by atoms with Crippen LogP contribution in [0.5, 0.6) is 0 Å². The quantitative estimate of drug-likeness (QED) is 0.667. The standard InChI is InChI=1S/C26H31N3O3/c30-25(26(9-12-31-13-10-26)16-20-5-2-1-3-6-20)29-11-14-32-19-21(18-29)15-22-7-4-8-24-23(22)17-27-28-24/h1-8,17,21H,9-16,18-19H2,(H,27,28). The zero-order chi connectivity index (χ0) is 21.8. The van der Waals surface area contributed by atoms with E-state index in [0.717, 1.165) is 43.1 Å². The summed E-state index contributed by atoms with van der Waals surface area (Å²) in [5.41, 5.74) is 3.13. The third kappa shape index (κ3) is 4.43. The molecule has 5 rings (SSSR count).